The number of ether oxygens (including phenoxy) is 1. The van der Waals surface area contributed by atoms with Crippen LogP contribution in [0.15, 0.2) is 23.0 Å². The molecule has 5 nitrogen and oxygen atoms in total. The summed E-state index contributed by atoms with van der Waals surface area (Å²) < 4.78 is 5.67. The first-order chi connectivity index (χ1) is 9.72. The van der Waals surface area contributed by atoms with Gasteiger partial charge in [-0.3, -0.25) is 0 Å². The van der Waals surface area contributed by atoms with Crippen LogP contribution in [-0.2, 0) is 4.74 Å². The highest BCUT2D eigenvalue weighted by Crippen LogP contribution is 2.25. The van der Waals surface area contributed by atoms with Crippen molar-refractivity contribution in [1.82, 2.24) is 9.97 Å². The van der Waals surface area contributed by atoms with Crippen LogP contribution in [0.1, 0.15) is 43.8 Å². The maximum Gasteiger partial charge on any atom is 0.323 e. The molecule has 1 aliphatic heterocycles. The Morgan fingerprint density at radius 3 is 2.95 bits per heavy atom. The van der Waals surface area contributed by atoms with Gasteiger partial charge in [0.2, 0.25) is 0 Å². The van der Waals surface area contributed by atoms with Crippen LogP contribution in [0.25, 0.3) is 11.0 Å². The molecule has 1 aromatic heterocycles. The van der Waals surface area contributed by atoms with Crippen molar-refractivity contribution in [3.8, 4) is 0 Å². The number of rotatable bonds is 4. The molecule has 2 atom stereocenters. The summed E-state index contributed by atoms with van der Waals surface area (Å²) in [6.45, 7) is 0.845. The standard InChI is InChI=1S/C15H20N2O3/c18-14(7-5-11-3-1-2-8-20-11)10-4-6-12-13(9-10)17-15(19)16-12/h4,6,9,11,14,18H,1-3,5,7-8H2,(H2,16,17,19). The van der Waals surface area contributed by atoms with E-state index in [1.54, 1.807) is 0 Å². The Morgan fingerprint density at radius 2 is 2.15 bits per heavy atom. The number of aliphatic hydroxyl groups excluding tert-OH is 1. The third-order valence-electron chi connectivity index (χ3n) is 3.96. The van der Waals surface area contributed by atoms with Crippen molar-refractivity contribution < 1.29 is 9.84 Å². The van der Waals surface area contributed by atoms with Crippen LogP contribution >= 0.6 is 0 Å². The lowest BCUT2D eigenvalue weighted by molar-refractivity contribution is 0.00214. The molecule has 3 N–H and O–H groups in total. The van der Waals surface area contributed by atoms with Crippen molar-refractivity contribution in [2.45, 2.75) is 44.3 Å². The average Bonchev–Trinajstić information content (AvgIpc) is 2.85. The van der Waals surface area contributed by atoms with Gasteiger partial charge in [0.05, 0.1) is 23.2 Å². The van der Waals surface area contributed by atoms with Crippen molar-refractivity contribution in [3.63, 3.8) is 0 Å². The Bertz CT molecular complexity index is 625. The number of H-pyrrole nitrogens is 2. The first-order valence-corrected chi connectivity index (χ1v) is 7.24. The van der Waals surface area contributed by atoms with Crippen molar-refractivity contribution in [2.75, 3.05) is 6.61 Å². The predicted octanol–water partition coefficient (Wildman–Crippen LogP) is 2.24. The second-order valence-electron chi connectivity index (χ2n) is 5.47. The molecule has 1 saturated heterocycles. The molecule has 2 unspecified atom stereocenters. The Morgan fingerprint density at radius 1 is 1.30 bits per heavy atom. The first kappa shape index (κ1) is 13.4. The Balaban J connectivity index is 1.65. The summed E-state index contributed by atoms with van der Waals surface area (Å²) in [5.41, 5.74) is 2.12. The maximum absolute atomic E-state index is 11.2. The molecule has 20 heavy (non-hydrogen) atoms. The summed E-state index contributed by atoms with van der Waals surface area (Å²) in [4.78, 5) is 16.6. The van der Waals surface area contributed by atoms with Crippen molar-refractivity contribution in [3.05, 3.63) is 34.2 Å². The quantitative estimate of drug-likeness (QED) is 0.801. The number of benzene rings is 1. The number of aliphatic hydroxyl groups is 1. The summed E-state index contributed by atoms with van der Waals surface area (Å²) in [6.07, 6.45) is 4.80. The fourth-order valence-corrected chi connectivity index (χ4v) is 2.80. The maximum atomic E-state index is 11.2. The van der Waals surface area contributed by atoms with Gasteiger partial charge in [-0.05, 0) is 49.8 Å². The van der Waals surface area contributed by atoms with Crippen LogP contribution in [0.5, 0.6) is 0 Å². The van der Waals surface area contributed by atoms with Crippen LogP contribution < -0.4 is 5.69 Å². The molecule has 0 spiro atoms. The molecule has 0 aliphatic carbocycles. The number of aromatic amines is 2. The third kappa shape index (κ3) is 2.94. The van der Waals surface area contributed by atoms with Gasteiger partial charge in [-0.25, -0.2) is 4.79 Å². The topological polar surface area (TPSA) is 78.1 Å². The molecule has 0 amide bonds. The highest BCUT2D eigenvalue weighted by atomic mass is 16.5. The molecule has 0 bridgehead atoms. The molecule has 108 valence electrons. The molecule has 1 fully saturated rings. The van der Waals surface area contributed by atoms with E-state index < -0.39 is 6.10 Å². The zero-order chi connectivity index (χ0) is 13.9. The largest absolute Gasteiger partial charge is 0.388 e. The minimum atomic E-state index is -0.511. The molecule has 0 saturated carbocycles. The van der Waals surface area contributed by atoms with E-state index in [9.17, 15) is 9.90 Å². The van der Waals surface area contributed by atoms with E-state index >= 15 is 0 Å². The van der Waals surface area contributed by atoms with Gasteiger partial charge in [0, 0.05) is 6.61 Å². The molecule has 2 aromatic rings. The van der Waals surface area contributed by atoms with Gasteiger partial charge in [0.25, 0.3) is 0 Å². The molecule has 3 rings (SSSR count). The summed E-state index contributed by atoms with van der Waals surface area (Å²) >= 11 is 0. The minimum absolute atomic E-state index is 0.220. The van der Waals surface area contributed by atoms with Crippen molar-refractivity contribution >= 4 is 11.0 Å². The lowest BCUT2D eigenvalue weighted by Crippen LogP contribution is -2.19. The van der Waals surface area contributed by atoms with Crippen molar-refractivity contribution in [1.29, 1.82) is 0 Å². The molecule has 0 radical (unpaired) electrons. The van der Waals surface area contributed by atoms with Gasteiger partial charge in [-0.15, -0.1) is 0 Å². The number of aromatic nitrogens is 2. The predicted molar refractivity (Wildman–Crippen MR) is 76.7 cm³/mol. The van der Waals surface area contributed by atoms with Crippen LogP contribution in [0.3, 0.4) is 0 Å². The Labute approximate surface area is 117 Å². The zero-order valence-corrected chi connectivity index (χ0v) is 11.4. The van der Waals surface area contributed by atoms with E-state index in [4.69, 9.17) is 4.74 Å². The van der Waals surface area contributed by atoms with Gasteiger partial charge in [-0.1, -0.05) is 6.07 Å². The fraction of sp³-hybridized carbons (Fsp3) is 0.533. The lowest BCUT2D eigenvalue weighted by Gasteiger charge is -2.23. The Hall–Kier alpha value is -1.59. The highest BCUT2D eigenvalue weighted by Gasteiger charge is 2.16. The minimum Gasteiger partial charge on any atom is -0.388 e. The molecule has 1 aliphatic rings. The van der Waals surface area contributed by atoms with Crippen LogP contribution in [0, 0.1) is 0 Å². The van der Waals surface area contributed by atoms with E-state index in [-0.39, 0.29) is 11.8 Å². The third-order valence-corrected chi connectivity index (χ3v) is 3.96. The monoisotopic (exact) mass is 276 g/mol. The summed E-state index contributed by atoms with van der Waals surface area (Å²) in [6, 6.07) is 5.51. The van der Waals surface area contributed by atoms with E-state index in [0.717, 1.165) is 42.5 Å². The summed E-state index contributed by atoms with van der Waals surface area (Å²) in [5, 5.41) is 10.3. The second kappa shape index (κ2) is 5.81. The SMILES string of the molecule is O=c1[nH]c2ccc(C(O)CCC3CCCCO3)cc2[nH]1. The van der Waals surface area contributed by atoms with E-state index in [2.05, 4.69) is 9.97 Å². The van der Waals surface area contributed by atoms with Gasteiger partial charge in [-0.2, -0.15) is 0 Å². The van der Waals surface area contributed by atoms with E-state index in [1.807, 2.05) is 18.2 Å². The number of hydrogen-bond acceptors (Lipinski definition) is 3. The summed E-state index contributed by atoms with van der Waals surface area (Å²) in [5.74, 6) is 0. The lowest BCUT2D eigenvalue weighted by atomic mass is 9.99. The van der Waals surface area contributed by atoms with Gasteiger partial charge in [0.1, 0.15) is 0 Å². The normalized spacial score (nSPS) is 21.1. The van der Waals surface area contributed by atoms with Crippen LogP contribution in [0.4, 0.5) is 0 Å². The fourth-order valence-electron chi connectivity index (χ4n) is 2.80. The zero-order valence-electron chi connectivity index (χ0n) is 11.4. The smallest absolute Gasteiger partial charge is 0.323 e. The highest BCUT2D eigenvalue weighted by molar-refractivity contribution is 5.75. The number of fused-ring (bicyclic) bond motifs is 1. The molecule has 1 aromatic carbocycles. The van der Waals surface area contributed by atoms with E-state index in [0.29, 0.717) is 6.42 Å². The van der Waals surface area contributed by atoms with Gasteiger partial charge in [0.15, 0.2) is 0 Å². The van der Waals surface area contributed by atoms with Crippen molar-refractivity contribution in [2.24, 2.45) is 0 Å². The second-order valence-corrected chi connectivity index (χ2v) is 5.47. The van der Waals surface area contributed by atoms with Gasteiger partial charge >= 0.3 is 5.69 Å². The van der Waals surface area contributed by atoms with Gasteiger partial charge < -0.3 is 19.8 Å². The van der Waals surface area contributed by atoms with Crippen LogP contribution in [-0.4, -0.2) is 27.8 Å². The number of nitrogens with one attached hydrogen (secondary N) is 2. The van der Waals surface area contributed by atoms with Crippen LogP contribution in [0.2, 0.25) is 0 Å². The number of imidazole rings is 1. The molecular weight excluding hydrogens is 256 g/mol. The molecule has 2 heterocycles. The van der Waals surface area contributed by atoms with E-state index in [1.165, 1.54) is 6.42 Å². The summed E-state index contributed by atoms with van der Waals surface area (Å²) in [7, 11) is 0. The molecular formula is C15H20N2O3. The first-order valence-electron chi connectivity index (χ1n) is 7.24. The number of hydrogen-bond donors (Lipinski definition) is 3. The molecule has 5 heteroatoms. The average molecular weight is 276 g/mol. The Kier molecular flexibility index (Phi) is 3.89.